The van der Waals surface area contributed by atoms with E-state index < -0.39 is 0 Å². The van der Waals surface area contributed by atoms with E-state index >= 15 is 0 Å². The summed E-state index contributed by atoms with van der Waals surface area (Å²) in [7, 11) is 0. The number of aromatic amines is 1. The number of hydrogen-bond donors (Lipinski definition) is 2. The van der Waals surface area contributed by atoms with Crippen LogP contribution in [0.15, 0.2) is 42.6 Å². The second-order valence-electron chi connectivity index (χ2n) is 7.67. The number of nitrogens with one attached hydrogen (secondary N) is 2. The Kier molecular flexibility index (Phi) is 3.87. The molecule has 0 bridgehead atoms. The molecule has 1 aliphatic heterocycles. The van der Waals surface area contributed by atoms with Crippen LogP contribution in [0.4, 0.5) is 0 Å². The number of aromatic nitrogens is 3. The van der Waals surface area contributed by atoms with Gasteiger partial charge in [-0.3, -0.25) is 4.79 Å². The van der Waals surface area contributed by atoms with E-state index in [0.717, 1.165) is 29.1 Å². The fourth-order valence-electron chi connectivity index (χ4n) is 3.20. The van der Waals surface area contributed by atoms with Crippen molar-refractivity contribution in [2.45, 2.75) is 32.6 Å². The van der Waals surface area contributed by atoms with Crippen LogP contribution < -0.4 is 5.32 Å². The van der Waals surface area contributed by atoms with Gasteiger partial charge >= 0.3 is 0 Å². The molecule has 0 unspecified atom stereocenters. The first-order valence-corrected chi connectivity index (χ1v) is 8.86. The highest BCUT2D eigenvalue weighted by Gasteiger charge is 2.20. The van der Waals surface area contributed by atoms with Gasteiger partial charge in [-0.2, -0.15) is 0 Å². The van der Waals surface area contributed by atoms with E-state index in [1.165, 1.54) is 5.56 Å². The number of hydrogen-bond acceptors (Lipinski definition) is 3. The van der Waals surface area contributed by atoms with Crippen LogP contribution in [-0.2, 0) is 11.8 Å². The Hall–Kier alpha value is -2.95. The Morgan fingerprint density at radius 1 is 1.08 bits per heavy atom. The van der Waals surface area contributed by atoms with E-state index in [-0.39, 0.29) is 11.3 Å². The highest BCUT2D eigenvalue weighted by molar-refractivity contribution is 5.97. The zero-order valence-corrected chi connectivity index (χ0v) is 15.3. The van der Waals surface area contributed by atoms with Gasteiger partial charge in [0.15, 0.2) is 5.82 Å². The van der Waals surface area contributed by atoms with E-state index in [2.05, 4.69) is 60.3 Å². The first kappa shape index (κ1) is 16.5. The topological polar surface area (TPSA) is 70.7 Å². The smallest absolute Gasteiger partial charge is 0.253 e. The standard InChI is InChI=1S/C21H22N4O/c1-21(2,3)14-6-4-13(5-7-14)19-22-10-9-17(25-19)18-12-15-16(24-18)8-11-23-20(15)26/h4-7,9-10,12,24H,8,11H2,1-3H3,(H,23,26). The summed E-state index contributed by atoms with van der Waals surface area (Å²) in [5.74, 6) is 0.654. The molecule has 5 heteroatoms. The van der Waals surface area contributed by atoms with Crippen LogP contribution in [0.3, 0.4) is 0 Å². The third-order valence-electron chi connectivity index (χ3n) is 4.75. The summed E-state index contributed by atoms with van der Waals surface area (Å²) in [5, 5.41) is 2.87. The van der Waals surface area contributed by atoms with Crippen LogP contribution in [0.1, 0.15) is 42.4 Å². The van der Waals surface area contributed by atoms with Gasteiger partial charge in [0.05, 0.1) is 17.0 Å². The number of rotatable bonds is 2. The van der Waals surface area contributed by atoms with Crippen molar-refractivity contribution in [2.75, 3.05) is 6.54 Å². The lowest BCUT2D eigenvalue weighted by Gasteiger charge is -2.19. The highest BCUT2D eigenvalue weighted by atomic mass is 16.1. The van der Waals surface area contributed by atoms with Crippen molar-refractivity contribution < 1.29 is 4.79 Å². The predicted octanol–water partition coefficient (Wildman–Crippen LogP) is 3.72. The summed E-state index contributed by atoms with van der Waals surface area (Å²) < 4.78 is 0. The fourth-order valence-corrected chi connectivity index (χ4v) is 3.20. The van der Waals surface area contributed by atoms with Crippen molar-refractivity contribution >= 4 is 5.91 Å². The van der Waals surface area contributed by atoms with Crippen molar-refractivity contribution in [3.63, 3.8) is 0 Å². The van der Waals surface area contributed by atoms with Crippen molar-refractivity contribution in [3.05, 3.63) is 59.4 Å². The normalized spacial score (nSPS) is 14.0. The second-order valence-corrected chi connectivity index (χ2v) is 7.67. The molecule has 0 spiro atoms. The lowest BCUT2D eigenvalue weighted by Crippen LogP contribution is -2.31. The third kappa shape index (κ3) is 3.01. The quantitative estimate of drug-likeness (QED) is 0.743. The van der Waals surface area contributed by atoms with Gasteiger partial charge in [0.1, 0.15) is 0 Å². The highest BCUT2D eigenvalue weighted by Crippen LogP contribution is 2.27. The average Bonchev–Trinajstić information content (AvgIpc) is 3.07. The van der Waals surface area contributed by atoms with Gasteiger partial charge in [-0.15, -0.1) is 0 Å². The van der Waals surface area contributed by atoms with Gasteiger partial charge in [0, 0.05) is 30.4 Å². The van der Waals surface area contributed by atoms with Gasteiger partial charge in [0.2, 0.25) is 0 Å². The number of nitrogens with zero attached hydrogens (tertiary/aromatic N) is 2. The molecule has 1 aromatic carbocycles. The van der Waals surface area contributed by atoms with Crippen molar-refractivity contribution in [3.8, 4) is 22.8 Å². The molecule has 0 aliphatic carbocycles. The molecular formula is C21H22N4O. The summed E-state index contributed by atoms with van der Waals surface area (Å²) in [4.78, 5) is 24.4. The van der Waals surface area contributed by atoms with Gasteiger partial charge in [-0.25, -0.2) is 9.97 Å². The molecule has 0 saturated carbocycles. The predicted molar refractivity (Wildman–Crippen MR) is 102 cm³/mol. The lowest BCUT2D eigenvalue weighted by molar-refractivity contribution is 0.0946. The molecule has 3 aromatic rings. The van der Waals surface area contributed by atoms with Gasteiger partial charge < -0.3 is 10.3 Å². The maximum absolute atomic E-state index is 12.0. The Morgan fingerprint density at radius 2 is 1.85 bits per heavy atom. The van der Waals surface area contributed by atoms with Crippen LogP contribution in [0, 0.1) is 0 Å². The number of carbonyl (C=O) groups is 1. The zero-order valence-electron chi connectivity index (χ0n) is 15.3. The van der Waals surface area contributed by atoms with Crippen molar-refractivity contribution in [1.29, 1.82) is 0 Å². The maximum Gasteiger partial charge on any atom is 0.253 e. The van der Waals surface area contributed by atoms with Crippen LogP contribution in [0.5, 0.6) is 0 Å². The molecule has 0 atom stereocenters. The number of benzene rings is 1. The third-order valence-corrected chi connectivity index (χ3v) is 4.75. The van der Waals surface area contributed by atoms with Crippen LogP contribution in [0.2, 0.25) is 0 Å². The molecule has 132 valence electrons. The molecule has 1 amide bonds. The van der Waals surface area contributed by atoms with Crippen molar-refractivity contribution in [1.82, 2.24) is 20.3 Å². The Balaban J connectivity index is 1.68. The average molecular weight is 346 g/mol. The number of H-pyrrole nitrogens is 1. The van der Waals surface area contributed by atoms with Gasteiger partial charge in [-0.1, -0.05) is 45.0 Å². The van der Waals surface area contributed by atoms with E-state index in [0.29, 0.717) is 17.9 Å². The maximum atomic E-state index is 12.0. The van der Waals surface area contributed by atoms with Gasteiger partial charge in [0.25, 0.3) is 5.91 Å². The molecule has 0 saturated heterocycles. The molecule has 1 aliphatic rings. The molecule has 4 rings (SSSR count). The summed E-state index contributed by atoms with van der Waals surface area (Å²) in [6, 6.07) is 12.1. The van der Waals surface area contributed by atoms with Crippen LogP contribution in [0.25, 0.3) is 22.8 Å². The van der Waals surface area contributed by atoms with E-state index in [1.54, 1.807) is 6.20 Å². The molecule has 2 aromatic heterocycles. The first-order chi connectivity index (χ1) is 12.4. The second kappa shape index (κ2) is 6.09. The summed E-state index contributed by atoms with van der Waals surface area (Å²) in [6.45, 7) is 7.26. The van der Waals surface area contributed by atoms with Gasteiger partial charge in [-0.05, 0) is 23.1 Å². The lowest BCUT2D eigenvalue weighted by atomic mass is 9.87. The molecular weight excluding hydrogens is 324 g/mol. The fraction of sp³-hybridized carbons (Fsp3) is 0.286. The largest absolute Gasteiger partial charge is 0.356 e. The number of amides is 1. The number of carbonyl (C=O) groups excluding carboxylic acids is 1. The Labute approximate surface area is 152 Å². The molecule has 0 fully saturated rings. The number of fused-ring (bicyclic) bond motifs is 1. The zero-order chi connectivity index (χ0) is 18.3. The molecule has 2 N–H and O–H groups in total. The minimum absolute atomic E-state index is 0.0270. The monoisotopic (exact) mass is 346 g/mol. The first-order valence-electron chi connectivity index (χ1n) is 8.86. The Bertz CT molecular complexity index is 964. The molecule has 26 heavy (non-hydrogen) atoms. The minimum atomic E-state index is -0.0270. The van der Waals surface area contributed by atoms with Crippen LogP contribution in [-0.4, -0.2) is 27.4 Å². The van der Waals surface area contributed by atoms with Crippen LogP contribution >= 0.6 is 0 Å². The SMILES string of the molecule is CC(C)(C)c1ccc(-c2nccc(-c3cc4c([nH]3)CCNC4=O)n2)cc1. The van der Waals surface area contributed by atoms with E-state index in [4.69, 9.17) is 4.98 Å². The van der Waals surface area contributed by atoms with Crippen molar-refractivity contribution in [2.24, 2.45) is 0 Å². The molecule has 0 radical (unpaired) electrons. The van der Waals surface area contributed by atoms with E-state index in [1.807, 2.05) is 12.1 Å². The van der Waals surface area contributed by atoms with E-state index in [9.17, 15) is 4.79 Å². The summed E-state index contributed by atoms with van der Waals surface area (Å²) in [5.41, 5.74) is 5.69. The minimum Gasteiger partial charge on any atom is -0.356 e. The summed E-state index contributed by atoms with van der Waals surface area (Å²) in [6.07, 6.45) is 2.57. The Morgan fingerprint density at radius 3 is 2.54 bits per heavy atom. The molecule has 5 nitrogen and oxygen atoms in total. The summed E-state index contributed by atoms with van der Waals surface area (Å²) >= 11 is 0. The molecule has 3 heterocycles.